The molecule has 7 aliphatic rings. The lowest BCUT2D eigenvalue weighted by atomic mass is 9.46. The molecule has 9 rings (SSSR count). The molecule has 328 valence electrons. The molecule has 60 heavy (non-hydrogen) atoms. The number of allylic oxidation sites excluding steroid dienone is 1. The van der Waals surface area contributed by atoms with Crippen LogP contribution in [0.1, 0.15) is 94.7 Å². The second kappa shape index (κ2) is 17.1. The normalized spacial score (nSPS) is 36.4. The summed E-state index contributed by atoms with van der Waals surface area (Å²) >= 11 is 7.33. The van der Waals surface area contributed by atoms with Gasteiger partial charge in [-0.1, -0.05) is 42.8 Å². The van der Waals surface area contributed by atoms with Crippen LogP contribution in [-0.2, 0) is 45.2 Å². The molecule has 1 aromatic heterocycles. The van der Waals surface area contributed by atoms with Gasteiger partial charge < -0.3 is 39.3 Å². The Morgan fingerprint density at radius 2 is 1.68 bits per heavy atom. The van der Waals surface area contributed by atoms with Gasteiger partial charge >= 0.3 is 11.9 Å². The number of ether oxygens (including phenoxy) is 3. The molecule has 11 atom stereocenters. The third-order valence-corrected chi connectivity index (χ3v) is 16.7. The van der Waals surface area contributed by atoms with Crippen LogP contribution in [0.2, 0.25) is 5.02 Å². The number of carbonyl (C=O) groups excluding carboxylic acids is 3. The molecular weight excluding hydrogens is 840 g/mol. The zero-order chi connectivity index (χ0) is 43.4. The molecule has 0 radical (unpaired) electrons. The van der Waals surface area contributed by atoms with Gasteiger partial charge in [0.15, 0.2) is 10.9 Å². The van der Waals surface area contributed by atoms with Crippen LogP contribution in [0.25, 0.3) is 0 Å². The van der Waals surface area contributed by atoms with Crippen molar-refractivity contribution in [3.63, 3.8) is 0 Å². The number of halogens is 1. The van der Waals surface area contributed by atoms with Crippen molar-refractivity contribution >= 4 is 61.9 Å². The van der Waals surface area contributed by atoms with Gasteiger partial charge in [-0.25, -0.2) is 18.4 Å². The summed E-state index contributed by atoms with van der Waals surface area (Å²) in [5.74, 6) is 0.946. The van der Waals surface area contributed by atoms with E-state index in [0.717, 1.165) is 51.0 Å². The van der Waals surface area contributed by atoms with E-state index in [1.54, 1.807) is 19.1 Å². The number of sulfonamides is 1. The third-order valence-electron chi connectivity index (χ3n) is 14.3. The van der Waals surface area contributed by atoms with E-state index in [9.17, 15) is 27.6 Å². The lowest BCUT2D eigenvalue weighted by Crippen LogP contribution is -2.57. The van der Waals surface area contributed by atoms with Crippen molar-refractivity contribution in [2.45, 2.75) is 125 Å². The number of esters is 1. The minimum absolute atomic E-state index is 0.0119. The number of anilines is 1. The van der Waals surface area contributed by atoms with E-state index in [-0.39, 0.29) is 86.8 Å². The van der Waals surface area contributed by atoms with Gasteiger partial charge in [-0.2, -0.15) is 0 Å². The van der Waals surface area contributed by atoms with E-state index in [2.05, 4.69) is 19.2 Å². The highest BCUT2D eigenvalue weighted by molar-refractivity contribution is 8.14. The number of thioether (sulfide) groups is 1. The monoisotopic (exact) mass is 892 g/mol. The number of ketones is 1. The van der Waals surface area contributed by atoms with Crippen LogP contribution in [-0.4, -0.2) is 95.1 Å². The predicted molar refractivity (Wildman–Crippen MR) is 220 cm³/mol. The fourth-order valence-electron chi connectivity index (χ4n) is 11.3. The molecule has 6 fully saturated rings. The minimum atomic E-state index is -4.11. The molecule has 3 saturated carbocycles. The maximum atomic E-state index is 12.2. The summed E-state index contributed by atoms with van der Waals surface area (Å²) in [6.07, 6.45) is 9.80. The maximum absolute atomic E-state index is 12.2. The van der Waals surface area contributed by atoms with Crippen LogP contribution < -0.4 is 10.5 Å². The number of nitrogens with two attached hydrogens (primary N) is 1. The first-order chi connectivity index (χ1) is 28.3. The van der Waals surface area contributed by atoms with E-state index in [4.69, 9.17) is 50.7 Å². The topological polar surface area (TPSA) is 242 Å². The van der Waals surface area contributed by atoms with Gasteiger partial charge in [-0.3, -0.25) is 14.4 Å². The number of benzene rings is 1. The first-order valence-corrected chi connectivity index (χ1v) is 23.1. The van der Waals surface area contributed by atoms with Gasteiger partial charge in [0.05, 0.1) is 42.3 Å². The van der Waals surface area contributed by atoms with Crippen molar-refractivity contribution in [2.24, 2.45) is 33.7 Å². The second-order valence-electron chi connectivity index (χ2n) is 17.5. The molecular formula is C42H53ClN2O13S2. The zero-order valence-electron chi connectivity index (χ0n) is 33.8. The first-order valence-electron chi connectivity index (χ1n) is 20.3. The highest BCUT2D eigenvalue weighted by atomic mass is 35.5. The number of hydrogen-bond donors (Lipinski definition) is 5. The van der Waals surface area contributed by atoms with Crippen LogP contribution in [0, 0.1) is 28.6 Å². The van der Waals surface area contributed by atoms with Crippen LogP contribution in [0.4, 0.5) is 5.69 Å². The quantitative estimate of drug-likeness (QED) is 0.233. The summed E-state index contributed by atoms with van der Waals surface area (Å²) in [6.45, 7) is 7.20. The number of furan rings is 1. The van der Waals surface area contributed by atoms with Crippen LogP contribution >= 0.6 is 23.4 Å². The van der Waals surface area contributed by atoms with Gasteiger partial charge in [0.1, 0.15) is 40.7 Å². The number of primary sulfonamides is 1. The first kappa shape index (κ1) is 44.8. The van der Waals surface area contributed by atoms with E-state index >= 15 is 0 Å². The largest absolute Gasteiger partial charge is 0.478 e. The molecule has 3 saturated heterocycles. The maximum Gasteiger partial charge on any atom is 0.337 e. The van der Waals surface area contributed by atoms with Crippen LogP contribution in [0.15, 0.2) is 51.5 Å². The summed E-state index contributed by atoms with van der Waals surface area (Å²) in [4.78, 5) is 47.2. The molecule has 6 N–H and O–H groups in total. The van der Waals surface area contributed by atoms with Gasteiger partial charge in [0, 0.05) is 30.4 Å². The molecule has 4 aliphatic carbocycles. The smallest absolute Gasteiger partial charge is 0.337 e. The predicted octanol–water partition coefficient (Wildman–Crippen LogP) is 5.25. The van der Waals surface area contributed by atoms with E-state index < -0.39 is 33.1 Å². The minimum Gasteiger partial charge on any atom is -0.478 e. The molecule has 1 aromatic carbocycles. The Morgan fingerprint density at radius 3 is 2.27 bits per heavy atom. The highest BCUT2D eigenvalue weighted by Gasteiger charge is 2.68. The molecule has 2 aromatic rings. The van der Waals surface area contributed by atoms with Crippen LogP contribution in [0.3, 0.4) is 0 Å². The third kappa shape index (κ3) is 8.44. The average Bonchev–Trinajstić information content (AvgIpc) is 4.02. The summed E-state index contributed by atoms with van der Waals surface area (Å²) in [5.41, 5.74) is 1.00. The SMILES string of the molecule is CC(=O)S[C@@H]1CC2=CC(=O)CC[C@]2(C)[C@H]2CC[C@@]3(C)[C@@H](CC[C@@]34CCC(=O)O4)[C@H]12.NS(=O)(=O)c1cc(C(=O)O)c(NCc2ccco2)cc1Cl.O[C@@H]1CO[C@H]2[C@@H]1OC[C@@H]2O. The summed E-state index contributed by atoms with van der Waals surface area (Å²) in [7, 11) is -4.11. The van der Waals surface area contributed by atoms with Gasteiger partial charge in [0.25, 0.3) is 0 Å². The molecule has 0 bridgehead atoms. The number of aliphatic hydroxyl groups is 2. The van der Waals surface area contributed by atoms with Crippen molar-refractivity contribution < 1.29 is 61.5 Å². The summed E-state index contributed by atoms with van der Waals surface area (Å²) in [6, 6.07) is 5.51. The van der Waals surface area contributed by atoms with Gasteiger partial charge in [0.2, 0.25) is 10.0 Å². The number of aromatic carboxylic acids is 1. The number of carboxylic acids is 1. The van der Waals surface area contributed by atoms with Gasteiger partial charge in [-0.15, -0.1) is 0 Å². The summed E-state index contributed by atoms with van der Waals surface area (Å²) in [5, 5.41) is 35.5. The number of hydrogen-bond acceptors (Lipinski definition) is 14. The molecule has 0 amide bonds. The lowest BCUT2D eigenvalue weighted by molar-refractivity contribution is -0.167. The molecule has 18 heteroatoms. The number of nitrogens with one attached hydrogen (secondary N) is 1. The molecule has 15 nitrogen and oxygen atoms in total. The average molecular weight is 893 g/mol. The van der Waals surface area contributed by atoms with Crippen molar-refractivity contribution in [2.75, 3.05) is 18.5 Å². The van der Waals surface area contributed by atoms with E-state index in [1.165, 1.54) is 29.7 Å². The lowest BCUT2D eigenvalue weighted by Gasteiger charge is -2.61. The fraction of sp³-hybridized carbons (Fsp3) is 0.619. The van der Waals surface area contributed by atoms with Crippen molar-refractivity contribution in [3.8, 4) is 0 Å². The second-order valence-corrected chi connectivity index (χ2v) is 20.9. The van der Waals surface area contributed by atoms with Crippen molar-refractivity contribution in [3.05, 3.63) is 58.5 Å². The molecule has 1 spiro atoms. The van der Waals surface area contributed by atoms with Crippen molar-refractivity contribution in [1.82, 2.24) is 0 Å². The van der Waals surface area contributed by atoms with E-state index in [0.29, 0.717) is 36.4 Å². The number of aliphatic hydroxyl groups excluding tert-OH is 2. The Balaban J connectivity index is 0.000000153. The standard InChI is InChI=1S/C24H32O4S.C12H11ClN2O5S.C6H10O4/c1-14(25)29-19-13-15-12-16(26)4-8-22(15,2)17-5-9-23(3)18(21(17)19)6-10-24(23)11-7-20(27)28-24;13-9-5-10(15-6-7-2-1-3-20-7)8(12(16)17)4-11(9)21(14,18)19;7-3-1-9-6-4(8)2-10-5(3)6/h12,17-19,21H,4-11,13H2,1-3H3;1-5,15H,6H2,(H,16,17)(H2,14,18,19);3-8H,1-2H2/t17-,18-,19+,21+,22-,23-,24+;;3-,4+,5-,6-/m0.1/s1. The number of fused-ring (bicyclic) bond motifs is 7. The van der Waals surface area contributed by atoms with Gasteiger partial charge in [-0.05, 0) is 98.5 Å². The molecule has 0 unspecified atom stereocenters. The van der Waals surface area contributed by atoms with Crippen LogP contribution in [0.5, 0.6) is 0 Å². The molecule has 3 aliphatic heterocycles. The Kier molecular flexibility index (Phi) is 12.8. The Labute approximate surface area is 358 Å². The number of carbonyl (C=O) groups is 4. The fourth-order valence-corrected chi connectivity index (χ4v) is 13.6. The highest BCUT2D eigenvalue weighted by Crippen LogP contribution is 2.70. The Hall–Kier alpha value is -3.29. The zero-order valence-corrected chi connectivity index (χ0v) is 36.2. The Bertz CT molecular complexity index is 2130. The molecule has 4 heterocycles. The Morgan fingerprint density at radius 1 is 1.00 bits per heavy atom. The summed E-state index contributed by atoms with van der Waals surface area (Å²) < 4.78 is 44.0. The number of carboxylic acid groups (broad SMARTS) is 1. The van der Waals surface area contributed by atoms with Crippen molar-refractivity contribution in [1.29, 1.82) is 0 Å². The van der Waals surface area contributed by atoms with E-state index in [1.807, 2.05) is 6.08 Å². The number of rotatable bonds is 6.